The van der Waals surface area contributed by atoms with Crippen LogP contribution in [0.1, 0.15) is 79.6 Å². The van der Waals surface area contributed by atoms with Crippen LogP contribution in [-0.4, -0.2) is 86.4 Å². The molecule has 5 aromatic rings. The first-order chi connectivity index (χ1) is 28.2. The third-order valence-electron chi connectivity index (χ3n) is 12.2. The molecule has 2 saturated heterocycles. The van der Waals surface area contributed by atoms with Gasteiger partial charge >= 0.3 is 11.9 Å². The Hall–Kier alpha value is -5.78. The minimum atomic E-state index is -4.68. The van der Waals surface area contributed by atoms with Crippen molar-refractivity contribution >= 4 is 51.0 Å². The first kappa shape index (κ1) is 40.0. The van der Waals surface area contributed by atoms with Crippen molar-refractivity contribution in [2.45, 2.75) is 75.7 Å². The normalized spacial score (nSPS) is 20.7. The largest absolute Gasteiger partial charge is 0.494 e. The molecule has 18 heteroatoms. The fourth-order valence-corrected chi connectivity index (χ4v) is 9.06. The number of hydrogen-bond acceptors (Lipinski definition) is 9. The average Bonchev–Trinajstić information content (AvgIpc) is 3.74. The third-order valence-corrected chi connectivity index (χ3v) is 12.2. The van der Waals surface area contributed by atoms with E-state index in [2.05, 4.69) is 32.5 Å². The molecule has 59 heavy (non-hydrogen) atoms. The number of nitrogens with one attached hydrogen (secondary N) is 2. The van der Waals surface area contributed by atoms with E-state index in [0.29, 0.717) is 58.7 Å². The number of amides is 3. The number of hydrogen-bond donors (Lipinski definition) is 2. The van der Waals surface area contributed by atoms with Gasteiger partial charge in [0.2, 0.25) is 11.8 Å². The standard InChI is InChI=1S/C41H45F4N9O5/c1-50(26-13-15-52(16-14-26)32-18-25(42)19-33-37(32)51(2)40(58)54(33)31-11-12-36(55)48-39(31)57)21-23-7-9-27(10-8-23)53-22-24-17-30(34(59-3)20-29(24)49-53)47-38(56)28-5-4-6-35(46-28)41(43,44)45/h4-6,17-20,22-23,26-27,31H,7-16,21H2,1-3H3,(H,47,56)(H,48,55,57). The first-order valence-corrected chi connectivity index (χ1v) is 19.8. The van der Waals surface area contributed by atoms with E-state index in [-0.39, 0.29) is 30.5 Å². The van der Waals surface area contributed by atoms with Crippen molar-refractivity contribution in [3.8, 4) is 5.75 Å². The SMILES string of the molecule is COc1cc2nn(C3CCC(CN(C)C4CCN(c5cc(F)cc6c5n(C)c(=O)n6C5CCC(=O)NC5=O)CC4)CC3)cc2cc1NC(=O)c1cccc(C(F)(F)F)n1. The number of piperidine rings is 2. The number of carbonyl (C=O) groups is 3. The number of halogens is 4. The zero-order valence-corrected chi connectivity index (χ0v) is 32.9. The Labute approximate surface area is 336 Å². The van der Waals surface area contributed by atoms with Crippen LogP contribution < -0.4 is 26.0 Å². The van der Waals surface area contributed by atoms with Gasteiger partial charge in [-0.3, -0.25) is 33.5 Å². The van der Waals surface area contributed by atoms with Gasteiger partial charge in [0, 0.05) is 56.8 Å². The number of nitrogens with zero attached hydrogens (tertiary/aromatic N) is 7. The number of ether oxygens (including phenoxy) is 1. The van der Waals surface area contributed by atoms with Gasteiger partial charge < -0.3 is 19.9 Å². The molecule has 1 unspecified atom stereocenters. The summed E-state index contributed by atoms with van der Waals surface area (Å²) in [6, 6.07) is 8.92. The highest BCUT2D eigenvalue weighted by atomic mass is 19.4. The summed E-state index contributed by atoms with van der Waals surface area (Å²) in [5.41, 5.74) is 0.515. The Morgan fingerprint density at radius 3 is 2.46 bits per heavy atom. The van der Waals surface area contributed by atoms with Crippen LogP contribution in [0.15, 0.2) is 53.5 Å². The van der Waals surface area contributed by atoms with Crippen LogP contribution in [0, 0.1) is 11.7 Å². The predicted octanol–water partition coefficient (Wildman–Crippen LogP) is 5.81. The van der Waals surface area contributed by atoms with Crippen molar-refractivity contribution in [1.82, 2.24) is 34.1 Å². The minimum absolute atomic E-state index is 0.102. The smallest absolute Gasteiger partial charge is 0.433 e. The molecule has 1 atom stereocenters. The summed E-state index contributed by atoms with van der Waals surface area (Å²) in [7, 11) is 5.22. The maximum atomic E-state index is 15.2. The molecule has 8 rings (SSSR count). The molecule has 1 saturated carbocycles. The number of carbonyl (C=O) groups excluding carboxylic acids is 3. The van der Waals surface area contributed by atoms with E-state index >= 15 is 4.39 Å². The summed E-state index contributed by atoms with van der Waals surface area (Å²) < 4.78 is 64.9. The number of benzene rings is 2. The van der Waals surface area contributed by atoms with Crippen LogP contribution in [0.3, 0.4) is 0 Å². The second-order valence-corrected chi connectivity index (χ2v) is 15.9. The molecule has 3 aromatic heterocycles. The molecule has 5 heterocycles. The Morgan fingerprint density at radius 1 is 1.02 bits per heavy atom. The number of aromatic nitrogens is 5. The fraction of sp³-hybridized carbons (Fsp3) is 0.463. The molecule has 3 fully saturated rings. The molecular formula is C41H45F4N9O5. The van der Waals surface area contributed by atoms with Gasteiger partial charge in [-0.25, -0.2) is 14.2 Å². The van der Waals surface area contributed by atoms with Crippen molar-refractivity contribution in [1.29, 1.82) is 0 Å². The summed E-state index contributed by atoms with van der Waals surface area (Å²) in [6.45, 7) is 2.28. The Bertz CT molecular complexity index is 2500. The fourth-order valence-electron chi connectivity index (χ4n) is 9.06. The summed E-state index contributed by atoms with van der Waals surface area (Å²) in [4.78, 5) is 58.8. The zero-order chi connectivity index (χ0) is 41.7. The molecule has 2 aromatic carbocycles. The number of anilines is 2. The highest BCUT2D eigenvalue weighted by Gasteiger charge is 2.35. The van der Waals surface area contributed by atoms with Gasteiger partial charge in [-0.05, 0) is 88.2 Å². The molecule has 3 aliphatic rings. The lowest BCUT2D eigenvalue weighted by molar-refractivity contribution is -0.141. The third kappa shape index (κ3) is 7.89. The number of alkyl halides is 3. The van der Waals surface area contributed by atoms with Crippen molar-refractivity contribution in [2.24, 2.45) is 13.0 Å². The molecule has 0 radical (unpaired) electrons. The van der Waals surface area contributed by atoms with Crippen LogP contribution in [0.4, 0.5) is 28.9 Å². The molecule has 2 aliphatic heterocycles. The number of methoxy groups -OCH3 is 1. The van der Waals surface area contributed by atoms with E-state index in [1.54, 1.807) is 19.2 Å². The summed E-state index contributed by atoms with van der Waals surface area (Å²) >= 11 is 0. The van der Waals surface area contributed by atoms with Gasteiger partial charge in [0.05, 0.1) is 41.1 Å². The number of pyridine rings is 1. The van der Waals surface area contributed by atoms with E-state index in [1.165, 1.54) is 34.4 Å². The predicted molar refractivity (Wildman–Crippen MR) is 211 cm³/mol. The molecule has 1 aliphatic carbocycles. The average molecular weight is 820 g/mol. The summed E-state index contributed by atoms with van der Waals surface area (Å²) in [5.74, 6) is -1.43. The van der Waals surface area contributed by atoms with E-state index in [4.69, 9.17) is 9.84 Å². The lowest BCUT2D eigenvalue weighted by Gasteiger charge is -2.40. The van der Waals surface area contributed by atoms with Crippen LogP contribution in [0.2, 0.25) is 0 Å². The highest BCUT2D eigenvalue weighted by molar-refractivity contribution is 6.05. The molecule has 0 bridgehead atoms. The van der Waals surface area contributed by atoms with Gasteiger partial charge in [-0.15, -0.1) is 0 Å². The second-order valence-electron chi connectivity index (χ2n) is 15.9. The summed E-state index contributed by atoms with van der Waals surface area (Å²) in [5, 5.41) is 10.5. The number of rotatable bonds is 9. The minimum Gasteiger partial charge on any atom is -0.494 e. The number of fused-ring (bicyclic) bond motifs is 2. The number of imidazole rings is 1. The highest BCUT2D eigenvalue weighted by Crippen LogP contribution is 2.37. The number of imide groups is 1. The van der Waals surface area contributed by atoms with Crippen molar-refractivity contribution in [3.63, 3.8) is 0 Å². The zero-order valence-electron chi connectivity index (χ0n) is 32.9. The van der Waals surface area contributed by atoms with Crippen molar-refractivity contribution in [3.05, 3.63) is 76.4 Å². The topological polar surface area (TPSA) is 149 Å². The van der Waals surface area contributed by atoms with Crippen molar-refractivity contribution < 1.29 is 36.7 Å². The lowest BCUT2D eigenvalue weighted by atomic mass is 9.85. The molecule has 3 amide bonds. The van der Waals surface area contributed by atoms with E-state index in [1.807, 2.05) is 10.9 Å². The Morgan fingerprint density at radius 2 is 1.76 bits per heavy atom. The molecule has 14 nitrogen and oxygen atoms in total. The van der Waals surface area contributed by atoms with Crippen LogP contribution in [0.25, 0.3) is 21.9 Å². The first-order valence-electron chi connectivity index (χ1n) is 19.8. The maximum Gasteiger partial charge on any atom is 0.433 e. The molecule has 312 valence electrons. The maximum absolute atomic E-state index is 15.2. The van der Waals surface area contributed by atoms with E-state index in [0.717, 1.165) is 62.6 Å². The van der Waals surface area contributed by atoms with Crippen LogP contribution >= 0.6 is 0 Å². The quantitative estimate of drug-likeness (QED) is 0.139. The van der Waals surface area contributed by atoms with Gasteiger partial charge in [0.15, 0.2) is 0 Å². The van der Waals surface area contributed by atoms with E-state index < -0.39 is 41.2 Å². The van der Waals surface area contributed by atoms with Gasteiger partial charge in [-0.1, -0.05) is 6.07 Å². The van der Waals surface area contributed by atoms with Crippen LogP contribution in [-0.2, 0) is 22.8 Å². The lowest BCUT2D eigenvalue weighted by Crippen LogP contribution is -2.45. The van der Waals surface area contributed by atoms with Gasteiger partial charge in [0.1, 0.15) is 29.0 Å². The second kappa shape index (κ2) is 15.8. The van der Waals surface area contributed by atoms with Crippen molar-refractivity contribution in [2.75, 3.05) is 44.0 Å². The van der Waals surface area contributed by atoms with Crippen LogP contribution in [0.5, 0.6) is 5.75 Å². The summed E-state index contributed by atoms with van der Waals surface area (Å²) in [6.07, 6.45) is 3.11. The monoisotopic (exact) mass is 819 g/mol. The van der Waals surface area contributed by atoms with E-state index in [9.17, 15) is 32.3 Å². The number of aryl methyl sites for hydroxylation is 1. The van der Waals surface area contributed by atoms with Gasteiger partial charge in [0.25, 0.3) is 5.91 Å². The molecule has 0 spiro atoms. The Balaban J connectivity index is 0.875. The van der Waals surface area contributed by atoms with Gasteiger partial charge in [-0.2, -0.15) is 18.3 Å². The molecule has 2 N–H and O–H groups in total. The Kier molecular flexibility index (Phi) is 10.7. The molecular weight excluding hydrogens is 775 g/mol.